The minimum atomic E-state index is -0.473. The number of carbonyl (C=O) groups excluding carboxylic acids is 1. The smallest absolute Gasteiger partial charge is 0.228 e. The summed E-state index contributed by atoms with van der Waals surface area (Å²) in [6.07, 6.45) is 5.24. The van der Waals surface area contributed by atoms with E-state index in [0.717, 1.165) is 48.6 Å². The molecule has 0 aliphatic carbocycles. The maximum atomic E-state index is 15.3. The number of H-pyrrole nitrogens is 2. The van der Waals surface area contributed by atoms with Crippen LogP contribution in [-0.2, 0) is 11.2 Å². The second-order valence-corrected chi connectivity index (χ2v) is 10.5. The van der Waals surface area contributed by atoms with E-state index in [1.165, 1.54) is 6.07 Å². The van der Waals surface area contributed by atoms with Crippen LogP contribution >= 0.6 is 0 Å². The van der Waals surface area contributed by atoms with Crippen molar-refractivity contribution in [1.29, 1.82) is 0 Å². The van der Waals surface area contributed by atoms with Crippen LogP contribution in [0.5, 0.6) is 0 Å². The largest absolute Gasteiger partial charge is 0.352 e. The Labute approximate surface area is 240 Å². The van der Waals surface area contributed by atoms with E-state index >= 15 is 4.39 Å². The highest BCUT2D eigenvalue weighted by atomic mass is 19.1. The molecule has 3 N–H and O–H groups in total. The first-order valence-electron chi connectivity index (χ1n) is 13.8. The zero-order valence-electron chi connectivity index (χ0n) is 22.9. The lowest BCUT2D eigenvalue weighted by Gasteiger charge is -2.33. The Morgan fingerprint density at radius 3 is 2.67 bits per heavy atom. The number of nitrogens with one attached hydrogen (secondary N) is 3. The number of hydrogen-bond donors (Lipinski definition) is 3. The van der Waals surface area contributed by atoms with Gasteiger partial charge < -0.3 is 20.1 Å². The number of carbonyl (C=O) groups is 1. The van der Waals surface area contributed by atoms with E-state index in [1.54, 1.807) is 24.7 Å². The minimum absolute atomic E-state index is 0.158. The normalized spacial score (nSPS) is 14.1. The summed E-state index contributed by atoms with van der Waals surface area (Å²) < 4.78 is 15.3. The molecule has 1 aliphatic heterocycles. The van der Waals surface area contributed by atoms with Gasteiger partial charge in [-0.1, -0.05) is 30.3 Å². The molecule has 210 valence electrons. The van der Waals surface area contributed by atoms with Crippen LogP contribution in [0.3, 0.4) is 0 Å². The van der Waals surface area contributed by atoms with E-state index in [9.17, 15) is 4.79 Å². The van der Waals surface area contributed by atoms with Gasteiger partial charge in [0.25, 0.3) is 0 Å². The summed E-state index contributed by atoms with van der Waals surface area (Å²) in [5, 5.41) is 10.7. The van der Waals surface area contributed by atoms with Crippen LogP contribution in [0.2, 0.25) is 0 Å². The molecule has 0 unspecified atom stereocenters. The number of nitrogens with zero attached hydrogens (tertiary/aromatic N) is 6. The molecule has 4 aromatic heterocycles. The van der Waals surface area contributed by atoms with Crippen molar-refractivity contribution in [2.75, 3.05) is 43.4 Å². The van der Waals surface area contributed by atoms with E-state index in [-0.39, 0.29) is 17.8 Å². The lowest BCUT2D eigenvalue weighted by atomic mass is 10.0. The number of rotatable bonds is 6. The molecule has 0 atom stereocenters. The van der Waals surface area contributed by atoms with Crippen molar-refractivity contribution in [3.63, 3.8) is 0 Å². The molecule has 42 heavy (non-hydrogen) atoms. The third kappa shape index (κ3) is 4.94. The summed E-state index contributed by atoms with van der Waals surface area (Å²) in [5.41, 5.74) is 5.10. The summed E-state index contributed by atoms with van der Waals surface area (Å²) in [6.45, 7) is 3.64. The third-order valence-electron chi connectivity index (χ3n) is 7.60. The molecule has 5 heterocycles. The van der Waals surface area contributed by atoms with Crippen molar-refractivity contribution in [3.8, 4) is 22.6 Å². The van der Waals surface area contributed by atoms with E-state index in [2.05, 4.69) is 47.3 Å². The first-order chi connectivity index (χ1) is 20.5. The molecular weight excluding hydrogens is 533 g/mol. The summed E-state index contributed by atoms with van der Waals surface area (Å²) in [5.74, 6) is 0.747. The predicted octanol–water partition coefficient (Wildman–Crippen LogP) is 4.64. The van der Waals surface area contributed by atoms with Crippen LogP contribution in [-0.4, -0.2) is 74.2 Å². The van der Waals surface area contributed by atoms with Gasteiger partial charge in [-0.05, 0) is 42.4 Å². The topological polar surface area (TPSA) is 119 Å². The van der Waals surface area contributed by atoms with Gasteiger partial charge in [0.1, 0.15) is 16.7 Å². The van der Waals surface area contributed by atoms with Gasteiger partial charge in [0.15, 0.2) is 17.5 Å². The zero-order chi connectivity index (χ0) is 28.6. The van der Waals surface area contributed by atoms with Gasteiger partial charge in [-0.3, -0.25) is 14.9 Å². The van der Waals surface area contributed by atoms with Gasteiger partial charge in [-0.25, -0.2) is 14.4 Å². The van der Waals surface area contributed by atoms with Crippen LogP contribution in [0.4, 0.5) is 15.9 Å². The first kappa shape index (κ1) is 25.8. The number of piperazine rings is 1. The second-order valence-electron chi connectivity index (χ2n) is 10.5. The van der Waals surface area contributed by atoms with Crippen LogP contribution < -0.4 is 10.2 Å². The predicted molar refractivity (Wildman–Crippen MR) is 161 cm³/mol. The summed E-state index contributed by atoms with van der Waals surface area (Å²) in [7, 11) is 2.11. The first-order valence-corrected chi connectivity index (χ1v) is 13.8. The average molecular weight is 562 g/mol. The number of amides is 1. The van der Waals surface area contributed by atoms with Gasteiger partial charge in [-0.2, -0.15) is 5.10 Å². The zero-order valence-corrected chi connectivity index (χ0v) is 22.9. The highest BCUT2D eigenvalue weighted by Gasteiger charge is 2.22. The summed E-state index contributed by atoms with van der Waals surface area (Å²) in [4.78, 5) is 34.3. The highest BCUT2D eigenvalue weighted by molar-refractivity contribution is 5.98. The van der Waals surface area contributed by atoms with Gasteiger partial charge in [0, 0.05) is 49.5 Å². The molecule has 10 nitrogen and oxygen atoms in total. The fraction of sp³-hybridized carbons (Fsp3) is 0.194. The van der Waals surface area contributed by atoms with Crippen LogP contribution in [0.15, 0.2) is 73.2 Å². The molecule has 7 rings (SSSR count). The molecule has 0 saturated carbocycles. The summed E-state index contributed by atoms with van der Waals surface area (Å²) >= 11 is 0. The van der Waals surface area contributed by atoms with Crippen molar-refractivity contribution >= 4 is 39.3 Å². The number of aromatic nitrogens is 6. The SMILES string of the molecule is CN1CCN(c2nccc3[nH]c(-c4[nH]nc5c(F)cc(-c6cncc(NC(=O)Cc7ccccc7)c6)cc45)nc23)CC1. The van der Waals surface area contributed by atoms with E-state index < -0.39 is 5.82 Å². The lowest BCUT2D eigenvalue weighted by molar-refractivity contribution is -0.115. The monoisotopic (exact) mass is 561 g/mol. The molecule has 6 aromatic rings. The Kier molecular flexibility index (Phi) is 6.55. The molecular formula is C31H28FN9O. The molecule has 1 amide bonds. The van der Waals surface area contributed by atoms with Gasteiger partial charge >= 0.3 is 0 Å². The standard InChI is InChI=1S/C31H28FN9O/c1-40-9-11-41(12-10-40)31-29-25(7-8-34-31)36-30(37-29)28-23-15-20(16-24(32)27(23)38-39-28)21-14-22(18-33-17-21)35-26(42)13-19-5-3-2-4-6-19/h2-8,14-18H,9-13H2,1H3,(H,35,42)(H,36,37)(H,38,39). The van der Waals surface area contributed by atoms with Gasteiger partial charge in [0.2, 0.25) is 5.91 Å². The van der Waals surface area contributed by atoms with Crippen molar-refractivity contribution in [2.24, 2.45) is 0 Å². The Balaban J connectivity index is 1.21. The van der Waals surface area contributed by atoms with Crippen LogP contribution in [0.25, 0.3) is 44.6 Å². The molecule has 2 aromatic carbocycles. The number of fused-ring (bicyclic) bond motifs is 2. The van der Waals surface area contributed by atoms with Gasteiger partial charge in [0.05, 0.1) is 23.8 Å². The van der Waals surface area contributed by atoms with Gasteiger partial charge in [-0.15, -0.1) is 0 Å². The highest BCUT2D eigenvalue weighted by Crippen LogP contribution is 2.34. The van der Waals surface area contributed by atoms with Crippen molar-refractivity contribution in [3.05, 3.63) is 84.6 Å². The van der Waals surface area contributed by atoms with Crippen molar-refractivity contribution in [2.45, 2.75) is 6.42 Å². The lowest BCUT2D eigenvalue weighted by Crippen LogP contribution is -2.44. The molecule has 1 saturated heterocycles. The number of aromatic amines is 2. The number of benzene rings is 2. The van der Waals surface area contributed by atoms with E-state index in [1.807, 2.05) is 42.5 Å². The van der Waals surface area contributed by atoms with Crippen molar-refractivity contribution < 1.29 is 9.18 Å². The quantitative estimate of drug-likeness (QED) is 0.271. The number of pyridine rings is 2. The Hall–Kier alpha value is -5.16. The number of halogens is 1. The van der Waals surface area contributed by atoms with Crippen LogP contribution in [0.1, 0.15) is 5.56 Å². The fourth-order valence-corrected chi connectivity index (χ4v) is 5.36. The number of anilines is 2. The van der Waals surface area contributed by atoms with E-state index in [0.29, 0.717) is 33.7 Å². The number of likely N-dealkylation sites (N-methyl/N-ethyl adjacent to an activating group) is 1. The van der Waals surface area contributed by atoms with E-state index in [4.69, 9.17) is 4.98 Å². The maximum Gasteiger partial charge on any atom is 0.228 e. The minimum Gasteiger partial charge on any atom is -0.352 e. The van der Waals surface area contributed by atoms with Crippen molar-refractivity contribution in [1.82, 2.24) is 35.0 Å². The third-order valence-corrected chi connectivity index (χ3v) is 7.60. The second kappa shape index (κ2) is 10.7. The molecule has 11 heteroatoms. The molecule has 0 bridgehead atoms. The average Bonchev–Trinajstić information content (AvgIpc) is 3.63. The molecule has 1 fully saturated rings. The summed E-state index contributed by atoms with van der Waals surface area (Å²) in [6, 6.07) is 16.5. The number of hydrogen-bond acceptors (Lipinski definition) is 7. The Bertz CT molecular complexity index is 1910. The molecule has 0 radical (unpaired) electrons. The molecule has 0 spiro atoms. The molecule has 1 aliphatic rings. The number of imidazole rings is 1. The Morgan fingerprint density at radius 2 is 1.83 bits per heavy atom. The Morgan fingerprint density at radius 1 is 1.00 bits per heavy atom. The maximum absolute atomic E-state index is 15.3. The van der Waals surface area contributed by atoms with Crippen LogP contribution in [0, 0.1) is 5.82 Å². The fourth-order valence-electron chi connectivity index (χ4n) is 5.36.